The fourth-order valence-corrected chi connectivity index (χ4v) is 2.81. The molecule has 1 aromatic carbocycles. The van der Waals surface area contributed by atoms with Crippen molar-refractivity contribution in [1.29, 1.82) is 0 Å². The molecule has 1 aliphatic heterocycles. The average molecular weight is 312 g/mol. The zero-order chi connectivity index (χ0) is 16.1. The third-order valence-electron chi connectivity index (χ3n) is 4.05. The first-order valence-corrected chi connectivity index (χ1v) is 7.86. The Morgan fingerprint density at radius 2 is 2.09 bits per heavy atom. The molecule has 0 aliphatic carbocycles. The van der Waals surface area contributed by atoms with E-state index < -0.39 is 0 Å². The largest absolute Gasteiger partial charge is 0.619 e. The van der Waals surface area contributed by atoms with Crippen LogP contribution in [0.3, 0.4) is 0 Å². The van der Waals surface area contributed by atoms with Gasteiger partial charge in [-0.15, -0.1) is 0 Å². The Kier molecular flexibility index (Phi) is 4.88. The predicted octanol–water partition coefficient (Wildman–Crippen LogP) is 1.79. The van der Waals surface area contributed by atoms with E-state index in [1.54, 1.807) is 17.0 Å². The molecule has 23 heavy (non-hydrogen) atoms. The summed E-state index contributed by atoms with van der Waals surface area (Å²) in [5.74, 6) is -0.108. The highest BCUT2D eigenvalue weighted by atomic mass is 16.5. The van der Waals surface area contributed by atoms with E-state index in [1.165, 1.54) is 18.0 Å². The van der Waals surface area contributed by atoms with E-state index in [-0.39, 0.29) is 12.0 Å². The van der Waals surface area contributed by atoms with Crippen LogP contribution in [0.5, 0.6) is 0 Å². The van der Waals surface area contributed by atoms with Crippen molar-refractivity contribution in [2.75, 3.05) is 19.7 Å². The Hall–Kier alpha value is -2.40. The molecule has 1 fully saturated rings. The normalized spacial score (nSPS) is 17.9. The third kappa shape index (κ3) is 4.07. The van der Waals surface area contributed by atoms with E-state index >= 15 is 0 Å². The van der Waals surface area contributed by atoms with Crippen molar-refractivity contribution >= 4 is 5.91 Å². The minimum atomic E-state index is -0.108. The molecule has 1 saturated heterocycles. The molecule has 0 radical (unpaired) electrons. The molecule has 5 heteroatoms. The van der Waals surface area contributed by atoms with Gasteiger partial charge in [-0.2, -0.15) is 4.73 Å². The van der Waals surface area contributed by atoms with Crippen LogP contribution in [0.2, 0.25) is 0 Å². The average Bonchev–Trinajstić information content (AvgIpc) is 2.60. The van der Waals surface area contributed by atoms with E-state index in [0.29, 0.717) is 30.0 Å². The molecule has 1 unspecified atom stereocenters. The molecular weight excluding hydrogens is 292 g/mol. The number of carbonyl (C=O) groups excluding carboxylic acids is 1. The van der Waals surface area contributed by atoms with Crippen molar-refractivity contribution in [3.63, 3.8) is 0 Å². The fourth-order valence-electron chi connectivity index (χ4n) is 2.81. The van der Waals surface area contributed by atoms with Crippen molar-refractivity contribution in [3.05, 3.63) is 71.2 Å². The summed E-state index contributed by atoms with van der Waals surface area (Å²) in [5.41, 5.74) is 1.70. The smallest absolute Gasteiger partial charge is 0.260 e. The van der Waals surface area contributed by atoms with E-state index in [4.69, 9.17) is 4.74 Å². The van der Waals surface area contributed by atoms with Gasteiger partial charge in [0.15, 0.2) is 12.4 Å². The van der Waals surface area contributed by atoms with E-state index in [0.717, 1.165) is 12.8 Å². The monoisotopic (exact) mass is 312 g/mol. The Bertz CT molecular complexity index is 660. The van der Waals surface area contributed by atoms with Gasteiger partial charge in [-0.05, 0) is 24.5 Å². The molecule has 1 amide bonds. The summed E-state index contributed by atoms with van der Waals surface area (Å²) in [6.45, 7) is 1.67. The van der Waals surface area contributed by atoms with Crippen LogP contribution in [-0.4, -0.2) is 36.6 Å². The summed E-state index contributed by atoms with van der Waals surface area (Å²) in [7, 11) is 0. The van der Waals surface area contributed by atoms with E-state index in [2.05, 4.69) is 12.1 Å². The summed E-state index contributed by atoms with van der Waals surface area (Å²) in [6.07, 6.45) is 4.54. The van der Waals surface area contributed by atoms with Gasteiger partial charge in [0.2, 0.25) is 0 Å². The van der Waals surface area contributed by atoms with Gasteiger partial charge in [0, 0.05) is 19.2 Å². The number of ether oxygens (including phenoxy) is 1. The number of pyridine rings is 1. The zero-order valence-corrected chi connectivity index (χ0v) is 12.9. The number of nitrogens with zero attached hydrogens (tertiary/aromatic N) is 2. The van der Waals surface area contributed by atoms with Gasteiger partial charge < -0.3 is 14.8 Å². The maximum absolute atomic E-state index is 12.5. The van der Waals surface area contributed by atoms with Gasteiger partial charge in [-0.1, -0.05) is 30.3 Å². The van der Waals surface area contributed by atoms with Gasteiger partial charge in [0.25, 0.3) is 5.91 Å². The Balaban J connectivity index is 1.58. The van der Waals surface area contributed by atoms with Crippen LogP contribution in [0, 0.1) is 5.21 Å². The highest BCUT2D eigenvalue weighted by Crippen LogP contribution is 2.14. The molecule has 1 atom stereocenters. The van der Waals surface area contributed by atoms with E-state index in [1.807, 2.05) is 18.2 Å². The first-order chi connectivity index (χ1) is 11.2. The molecule has 120 valence electrons. The van der Waals surface area contributed by atoms with Gasteiger partial charge in [0.1, 0.15) is 5.56 Å². The first kappa shape index (κ1) is 15.5. The quantitative estimate of drug-likeness (QED) is 0.639. The van der Waals surface area contributed by atoms with E-state index in [9.17, 15) is 10.0 Å². The van der Waals surface area contributed by atoms with Gasteiger partial charge in [-0.25, -0.2) is 0 Å². The molecule has 2 heterocycles. The second kappa shape index (κ2) is 7.24. The minimum absolute atomic E-state index is 0.0380. The molecule has 0 N–H and O–H groups in total. The lowest BCUT2D eigenvalue weighted by atomic mass is 10.1. The standard InChI is InChI=1S/C18H20N2O3/c21-18(16-7-4-10-20(22)13-16)19-11-12-23-17(14-19)9-8-15-5-2-1-3-6-15/h1-7,10,13,17H,8-9,11-12,14H2. The predicted molar refractivity (Wildman–Crippen MR) is 85.8 cm³/mol. The number of hydrogen-bond acceptors (Lipinski definition) is 3. The number of amides is 1. The van der Waals surface area contributed by atoms with Crippen LogP contribution in [0.4, 0.5) is 0 Å². The molecular formula is C18H20N2O3. The van der Waals surface area contributed by atoms with Gasteiger partial charge >= 0.3 is 0 Å². The number of rotatable bonds is 4. The molecule has 0 bridgehead atoms. The van der Waals surface area contributed by atoms with Crippen LogP contribution in [-0.2, 0) is 11.2 Å². The fraction of sp³-hybridized carbons (Fsp3) is 0.333. The summed E-state index contributed by atoms with van der Waals surface area (Å²) < 4.78 is 6.43. The lowest BCUT2D eigenvalue weighted by Gasteiger charge is -2.33. The third-order valence-corrected chi connectivity index (χ3v) is 4.05. The van der Waals surface area contributed by atoms with Crippen molar-refractivity contribution in [1.82, 2.24) is 4.90 Å². The second-order valence-electron chi connectivity index (χ2n) is 5.72. The number of aromatic nitrogens is 1. The molecule has 1 aliphatic rings. The van der Waals surface area contributed by atoms with Crippen molar-refractivity contribution in [2.24, 2.45) is 0 Å². The number of carbonyl (C=O) groups is 1. The molecule has 0 spiro atoms. The Morgan fingerprint density at radius 1 is 1.26 bits per heavy atom. The van der Waals surface area contributed by atoms with Crippen LogP contribution in [0.1, 0.15) is 22.3 Å². The van der Waals surface area contributed by atoms with Crippen LogP contribution >= 0.6 is 0 Å². The van der Waals surface area contributed by atoms with Gasteiger partial charge in [-0.3, -0.25) is 4.79 Å². The summed E-state index contributed by atoms with van der Waals surface area (Å²) in [6, 6.07) is 13.5. The topological polar surface area (TPSA) is 56.5 Å². The zero-order valence-electron chi connectivity index (χ0n) is 12.9. The molecule has 5 nitrogen and oxygen atoms in total. The lowest BCUT2D eigenvalue weighted by Crippen LogP contribution is -2.46. The van der Waals surface area contributed by atoms with Crippen LogP contribution in [0.15, 0.2) is 54.9 Å². The summed E-state index contributed by atoms with van der Waals surface area (Å²) in [4.78, 5) is 14.3. The maximum Gasteiger partial charge on any atom is 0.260 e. The number of morpholine rings is 1. The summed E-state index contributed by atoms with van der Waals surface area (Å²) in [5, 5.41) is 11.3. The van der Waals surface area contributed by atoms with Crippen LogP contribution in [0.25, 0.3) is 0 Å². The molecule has 3 rings (SSSR count). The number of hydrogen-bond donors (Lipinski definition) is 0. The molecule has 0 saturated carbocycles. The maximum atomic E-state index is 12.5. The number of aryl methyl sites for hydroxylation is 1. The highest BCUT2D eigenvalue weighted by Gasteiger charge is 2.25. The Morgan fingerprint density at radius 3 is 2.87 bits per heavy atom. The lowest BCUT2D eigenvalue weighted by molar-refractivity contribution is -0.605. The van der Waals surface area contributed by atoms with Crippen molar-refractivity contribution in [3.8, 4) is 0 Å². The minimum Gasteiger partial charge on any atom is -0.619 e. The van der Waals surface area contributed by atoms with Crippen molar-refractivity contribution in [2.45, 2.75) is 18.9 Å². The Labute approximate surface area is 135 Å². The molecule has 1 aromatic heterocycles. The van der Waals surface area contributed by atoms with Crippen molar-refractivity contribution < 1.29 is 14.3 Å². The second-order valence-corrected chi connectivity index (χ2v) is 5.72. The SMILES string of the molecule is O=C(c1ccc[n+]([O-])c1)N1CCOC(CCc2ccccc2)C1. The van der Waals surface area contributed by atoms with Gasteiger partial charge in [0.05, 0.1) is 12.7 Å². The number of benzene rings is 1. The molecule has 2 aromatic rings. The highest BCUT2D eigenvalue weighted by molar-refractivity contribution is 5.93. The van der Waals surface area contributed by atoms with Crippen LogP contribution < -0.4 is 4.73 Å². The summed E-state index contributed by atoms with van der Waals surface area (Å²) >= 11 is 0. The first-order valence-electron chi connectivity index (χ1n) is 7.86.